The van der Waals surface area contributed by atoms with Gasteiger partial charge in [0.15, 0.2) is 11.5 Å². The third kappa shape index (κ3) is 7.37. The third-order valence-electron chi connectivity index (χ3n) is 12.0. The number of phenolic OH excluding ortho intramolecular Hbond substituents is 2. The molecule has 0 radical (unpaired) electrons. The molecule has 314 valence electrons. The quantitative estimate of drug-likeness (QED) is 0.112. The van der Waals surface area contributed by atoms with Crippen LogP contribution in [0.3, 0.4) is 0 Å². The number of carbonyl (C=O) groups is 4. The minimum atomic E-state index is -1.99. The number of methoxy groups -OCH3 is 1. The second-order valence-electron chi connectivity index (χ2n) is 15.9. The number of anilines is 1. The smallest absolute Gasteiger partial charge is 0.312 e. The van der Waals surface area contributed by atoms with Crippen molar-refractivity contribution in [2.45, 2.75) is 106 Å². The Hall–Kier alpha value is -5.18. The molecule has 1 aromatic heterocycles. The van der Waals surface area contributed by atoms with Crippen molar-refractivity contribution < 1.29 is 58.6 Å². The van der Waals surface area contributed by atoms with Crippen LogP contribution in [0.1, 0.15) is 94.3 Å². The molecule has 3 heterocycles. The first-order chi connectivity index (χ1) is 27.1. The summed E-state index contributed by atoms with van der Waals surface area (Å²) in [6, 6.07) is 0. The van der Waals surface area contributed by atoms with E-state index in [1.165, 1.54) is 53.2 Å². The van der Waals surface area contributed by atoms with Crippen molar-refractivity contribution in [2.24, 2.45) is 30.7 Å². The molecular weight excluding hydrogens is 748 g/mol. The van der Waals surface area contributed by atoms with Crippen LogP contribution in [0.5, 0.6) is 17.2 Å². The van der Waals surface area contributed by atoms with Crippen molar-refractivity contribution in [3.8, 4) is 17.2 Å². The summed E-state index contributed by atoms with van der Waals surface area (Å²) in [5.74, 6) is -7.64. The van der Waals surface area contributed by atoms with E-state index >= 15 is 0 Å². The van der Waals surface area contributed by atoms with Gasteiger partial charge in [0.2, 0.25) is 0 Å². The van der Waals surface area contributed by atoms with E-state index in [0.717, 1.165) is 0 Å². The lowest BCUT2D eigenvalue weighted by Gasteiger charge is -2.38. The molecule has 2 aliphatic heterocycles. The normalized spacial score (nSPS) is 29.5. The number of allylic oxidation sites excluding steroid dienone is 2. The van der Waals surface area contributed by atoms with Gasteiger partial charge >= 0.3 is 11.8 Å². The van der Waals surface area contributed by atoms with Crippen LogP contribution >= 0.6 is 0 Å². The number of ether oxygens (including phenoxy) is 4. The lowest BCUT2D eigenvalue weighted by Crippen LogP contribution is -2.46. The number of fused-ring (bicyclic) bond motifs is 1. The molecule has 5 rings (SSSR count). The summed E-state index contributed by atoms with van der Waals surface area (Å²) < 4.78 is 25.6. The Bertz CT molecular complexity index is 2270. The minimum Gasteiger partial charge on any atom is -0.507 e. The number of phenols is 2. The van der Waals surface area contributed by atoms with E-state index in [9.17, 15) is 39.6 Å². The molecule has 1 amide bonds. The van der Waals surface area contributed by atoms with E-state index in [0.29, 0.717) is 17.6 Å². The number of benzene rings is 2. The Morgan fingerprint density at radius 1 is 0.948 bits per heavy atom. The molecule has 2 aliphatic rings. The van der Waals surface area contributed by atoms with Crippen molar-refractivity contribution in [3.05, 3.63) is 58.5 Å². The van der Waals surface area contributed by atoms with E-state index < -0.39 is 83.0 Å². The molecule has 0 saturated carbocycles. The molecule has 58 heavy (non-hydrogen) atoms. The summed E-state index contributed by atoms with van der Waals surface area (Å²) in [4.78, 5) is 54.3. The highest BCUT2D eigenvalue weighted by Crippen LogP contribution is 2.55. The van der Waals surface area contributed by atoms with Crippen LogP contribution in [0.4, 0.5) is 5.69 Å². The summed E-state index contributed by atoms with van der Waals surface area (Å²) in [7, 11) is 3.15. The van der Waals surface area contributed by atoms with E-state index in [4.69, 9.17) is 18.9 Å². The van der Waals surface area contributed by atoms with Crippen molar-refractivity contribution >= 4 is 50.8 Å². The molecule has 14 nitrogen and oxygen atoms in total. The van der Waals surface area contributed by atoms with Crippen molar-refractivity contribution in [1.29, 1.82) is 0 Å². The molecule has 14 heteroatoms. The number of nitrogens with zero attached hydrogens (tertiary/aromatic N) is 1. The van der Waals surface area contributed by atoms with Gasteiger partial charge in [-0.2, -0.15) is 0 Å². The number of aromatic hydroxyl groups is 2. The summed E-state index contributed by atoms with van der Waals surface area (Å²) in [5.41, 5.74) is 1.26. The first-order valence-electron chi connectivity index (χ1n) is 19.5. The minimum absolute atomic E-state index is 0.00280. The number of esters is 1. The molecule has 0 spiro atoms. The zero-order chi connectivity index (χ0) is 43.3. The number of aryl methyl sites for hydroxylation is 1. The molecule has 9 atom stereocenters. The van der Waals surface area contributed by atoms with Crippen molar-refractivity contribution in [1.82, 2.24) is 4.57 Å². The van der Waals surface area contributed by atoms with Gasteiger partial charge in [-0.3, -0.25) is 19.2 Å². The van der Waals surface area contributed by atoms with Gasteiger partial charge in [-0.05, 0) is 33.3 Å². The molecular formula is C44H56N2O12. The van der Waals surface area contributed by atoms with E-state index in [1.807, 2.05) is 6.92 Å². The number of aliphatic hydroxyl groups is 2. The van der Waals surface area contributed by atoms with Crippen LogP contribution in [-0.2, 0) is 37.3 Å². The fraction of sp³-hybridized carbons (Fsp3) is 0.500. The van der Waals surface area contributed by atoms with Gasteiger partial charge in [0.25, 0.3) is 11.7 Å². The fourth-order valence-corrected chi connectivity index (χ4v) is 8.54. The highest BCUT2D eigenvalue weighted by atomic mass is 16.7. The van der Waals surface area contributed by atoms with Crippen LogP contribution in [0.15, 0.2) is 36.1 Å². The second-order valence-corrected chi connectivity index (χ2v) is 15.9. The maximum absolute atomic E-state index is 14.7. The standard InChI is InChI=1S/C44H56N2O12/c1-13-27-29(25(8)47)31-34-39(52)32-30(35(31)46(27)11)33-41(24(7)38(32)51)58-44(10,42(33)53)56-18-17-28(55-12)21(4)40(57-26(9)48)23(6)37(50)22(5)36(49)19(2)15-14-16-20(3)43(54)45-34/h14-19,21-23,28,36-37,40,49-52H,13H2,1-12H3,(H,45,54)/b15-14-,18-17+,20-16?. The van der Waals surface area contributed by atoms with Gasteiger partial charge in [-0.25, -0.2) is 0 Å². The highest BCUT2D eigenvalue weighted by molar-refractivity contribution is 6.31. The number of Topliss-reactive ketones (excluding diaryl/α,β-unsaturated/α-hetero) is 2. The predicted molar refractivity (Wildman–Crippen MR) is 218 cm³/mol. The van der Waals surface area contributed by atoms with Gasteiger partial charge in [0, 0.05) is 84.8 Å². The first kappa shape index (κ1) is 43.9. The van der Waals surface area contributed by atoms with Crippen LogP contribution in [0, 0.1) is 30.6 Å². The highest BCUT2D eigenvalue weighted by Gasteiger charge is 2.50. The summed E-state index contributed by atoms with van der Waals surface area (Å²) in [6.07, 6.45) is 4.07. The molecule has 9 unspecified atom stereocenters. The van der Waals surface area contributed by atoms with Crippen LogP contribution in [0.2, 0.25) is 0 Å². The Labute approximate surface area is 338 Å². The maximum Gasteiger partial charge on any atom is 0.312 e. The molecule has 0 fully saturated rings. The number of carbonyl (C=O) groups excluding carboxylic acids is 4. The lowest BCUT2D eigenvalue weighted by molar-refractivity contribution is -0.160. The SMILES string of the molecule is CCc1c(C(C)=O)c2c3c(O)c4c(O)c(C)c5c(c4c2n1C)C(=O)C(C)(O/C=C/C(OC)C(C)C(OC(C)=O)C(C)C(O)C(C)C(O)C(C)/C=C\C=C(C)C(=O)N3)O5. The zero-order valence-corrected chi connectivity index (χ0v) is 35.2. The number of aliphatic hydroxyl groups excluding tert-OH is 2. The number of rotatable bonds is 4. The van der Waals surface area contributed by atoms with E-state index in [2.05, 4.69) is 5.32 Å². The Morgan fingerprint density at radius 2 is 1.60 bits per heavy atom. The number of ketones is 2. The molecule has 2 aromatic carbocycles. The number of aromatic nitrogens is 1. The fourth-order valence-electron chi connectivity index (χ4n) is 8.54. The van der Waals surface area contributed by atoms with Crippen LogP contribution < -0.4 is 10.1 Å². The van der Waals surface area contributed by atoms with Gasteiger partial charge in [-0.1, -0.05) is 52.8 Å². The molecule has 4 bridgehead atoms. The van der Waals surface area contributed by atoms with Gasteiger partial charge in [0.1, 0.15) is 17.6 Å². The van der Waals surface area contributed by atoms with Gasteiger partial charge < -0.3 is 49.3 Å². The van der Waals surface area contributed by atoms with Crippen LogP contribution in [0.25, 0.3) is 21.7 Å². The van der Waals surface area contributed by atoms with E-state index in [-0.39, 0.29) is 55.6 Å². The molecule has 0 saturated heterocycles. The molecule has 3 aromatic rings. The second kappa shape index (κ2) is 16.6. The summed E-state index contributed by atoms with van der Waals surface area (Å²) in [5, 5.41) is 49.7. The summed E-state index contributed by atoms with van der Waals surface area (Å²) in [6.45, 7) is 15.9. The first-order valence-corrected chi connectivity index (χ1v) is 19.5. The Kier molecular flexibility index (Phi) is 12.6. The average molecular weight is 805 g/mol. The molecule has 0 aliphatic carbocycles. The van der Waals surface area contributed by atoms with E-state index in [1.54, 1.807) is 58.4 Å². The zero-order valence-electron chi connectivity index (χ0n) is 35.2. The number of amides is 1. The predicted octanol–water partition coefficient (Wildman–Crippen LogP) is 6.31. The lowest BCUT2D eigenvalue weighted by atomic mass is 9.78. The monoisotopic (exact) mass is 804 g/mol. The third-order valence-corrected chi connectivity index (χ3v) is 12.0. The summed E-state index contributed by atoms with van der Waals surface area (Å²) >= 11 is 0. The number of hydrogen-bond donors (Lipinski definition) is 5. The van der Waals surface area contributed by atoms with Crippen molar-refractivity contribution in [2.75, 3.05) is 12.4 Å². The number of hydrogen-bond acceptors (Lipinski definition) is 12. The van der Waals surface area contributed by atoms with Crippen molar-refractivity contribution in [3.63, 3.8) is 0 Å². The molecule has 5 N–H and O–H groups in total. The van der Waals surface area contributed by atoms with Crippen LogP contribution in [-0.4, -0.2) is 85.7 Å². The number of nitrogens with one attached hydrogen (secondary N) is 1. The Balaban J connectivity index is 1.81. The Morgan fingerprint density at radius 3 is 2.19 bits per heavy atom. The van der Waals surface area contributed by atoms with Gasteiger partial charge in [-0.15, -0.1) is 0 Å². The average Bonchev–Trinajstić information content (AvgIpc) is 3.62. The van der Waals surface area contributed by atoms with Gasteiger partial charge in [0.05, 0.1) is 46.7 Å². The largest absolute Gasteiger partial charge is 0.507 e. The maximum atomic E-state index is 14.7. The topological polar surface area (TPSA) is 203 Å².